The molecular formula is C7H6BrN3. The molecule has 2 rings (SSSR count). The van der Waals surface area contributed by atoms with Gasteiger partial charge in [0.1, 0.15) is 0 Å². The summed E-state index contributed by atoms with van der Waals surface area (Å²) in [4.78, 5) is 4.00. The molecule has 2 heterocycles. The molecule has 0 saturated carbocycles. The molecular weight excluding hydrogens is 206 g/mol. The van der Waals surface area contributed by atoms with Crippen molar-refractivity contribution in [1.29, 1.82) is 0 Å². The Labute approximate surface area is 72.4 Å². The van der Waals surface area contributed by atoms with E-state index in [2.05, 4.69) is 26.2 Å². The monoisotopic (exact) mass is 211 g/mol. The Morgan fingerprint density at radius 1 is 1.55 bits per heavy atom. The van der Waals surface area contributed by atoms with Crippen molar-refractivity contribution in [2.45, 2.75) is 6.92 Å². The molecule has 0 fully saturated rings. The standard InChI is InChI=1S/C7H6BrN3/c1-5-6-2-3-9-4-7(6)11(8)10-5/h2-4H,1H3. The van der Waals surface area contributed by atoms with Gasteiger partial charge in [0.15, 0.2) is 0 Å². The number of aryl methyl sites for hydroxylation is 1. The maximum atomic E-state index is 4.18. The summed E-state index contributed by atoms with van der Waals surface area (Å²) in [7, 11) is 0. The number of halogens is 1. The third kappa shape index (κ3) is 0.939. The van der Waals surface area contributed by atoms with E-state index in [1.807, 2.05) is 13.0 Å². The lowest BCUT2D eigenvalue weighted by atomic mass is 10.3. The van der Waals surface area contributed by atoms with Gasteiger partial charge in [0, 0.05) is 11.6 Å². The van der Waals surface area contributed by atoms with Crippen LogP contribution < -0.4 is 0 Å². The second kappa shape index (κ2) is 2.30. The minimum Gasteiger partial charge on any atom is -0.262 e. The van der Waals surface area contributed by atoms with Crippen LogP contribution in [0.25, 0.3) is 10.9 Å². The van der Waals surface area contributed by atoms with Crippen LogP contribution in [0, 0.1) is 6.92 Å². The molecule has 0 amide bonds. The van der Waals surface area contributed by atoms with Gasteiger partial charge in [-0.2, -0.15) is 8.81 Å². The van der Waals surface area contributed by atoms with E-state index < -0.39 is 0 Å². The first-order valence-corrected chi connectivity index (χ1v) is 3.95. The summed E-state index contributed by atoms with van der Waals surface area (Å²) in [5.74, 6) is 0. The van der Waals surface area contributed by atoms with Crippen molar-refractivity contribution >= 4 is 27.1 Å². The molecule has 0 aliphatic carbocycles. The normalized spacial score (nSPS) is 10.7. The van der Waals surface area contributed by atoms with Gasteiger partial charge in [0.25, 0.3) is 0 Å². The van der Waals surface area contributed by atoms with Gasteiger partial charge in [0.2, 0.25) is 0 Å². The van der Waals surface area contributed by atoms with Crippen molar-refractivity contribution in [2.75, 3.05) is 0 Å². The Morgan fingerprint density at radius 3 is 3.09 bits per heavy atom. The van der Waals surface area contributed by atoms with E-state index in [9.17, 15) is 0 Å². The summed E-state index contributed by atoms with van der Waals surface area (Å²) in [6.07, 6.45) is 3.55. The molecule has 0 bridgehead atoms. The first kappa shape index (κ1) is 6.79. The fraction of sp³-hybridized carbons (Fsp3) is 0.143. The molecule has 0 unspecified atom stereocenters. The molecule has 4 heteroatoms. The summed E-state index contributed by atoms with van der Waals surface area (Å²) >= 11 is 3.28. The van der Waals surface area contributed by atoms with Crippen molar-refractivity contribution in [1.82, 2.24) is 13.8 Å². The van der Waals surface area contributed by atoms with Gasteiger partial charge in [0.05, 0.1) is 33.6 Å². The van der Waals surface area contributed by atoms with Gasteiger partial charge in [-0.1, -0.05) is 0 Å². The third-order valence-electron chi connectivity index (χ3n) is 1.63. The molecule has 0 aromatic carbocycles. The average Bonchev–Trinajstić information content (AvgIpc) is 2.30. The number of hydrogen-bond acceptors (Lipinski definition) is 2. The van der Waals surface area contributed by atoms with Crippen LogP contribution in [0.3, 0.4) is 0 Å². The largest absolute Gasteiger partial charge is 0.262 e. The van der Waals surface area contributed by atoms with Crippen molar-refractivity contribution in [3.8, 4) is 0 Å². The van der Waals surface area contributed by atoms with Crippen molar-refractivity contribution < 1.29 is 0 Å². The lowest BCUT2D eigenvalue weighted by molar-refractivity contribution is 1.02. The summed E-state index contributed by atoms with van der Waals surface area (Å²) in [6, 6.07) is 1.95. The maximum absolute atomic E-state index is 4.18. The number of rotatable bonds is 0. The SMILES string of the molecule is Cc1nn(Br)c2cnccc12. The first-order valence-electron chi connectivity index (χ1n) is 3.24. The minimum absolute atomic E-state index is 1.00. The number of hydrogen-bond donors (Lipinski definition) is 0. The van der Waals surface area contributed by atoms with Crippen LogP contribution in [0.4, 0.5) is 0 Å². The minimum atomic E-state index is 1.00. The Kier molecular flexibility index (Phi) is 1.42. The molecule has 0 radical (unpaired) electrons. The van der Waals surface area contributed by atoms with Gasteiger partial charge in [-0.05, 0) is 13.0 Å². The molecule has 0 saturated heterocycles. The molecule has 56 valence electrons. The van der Waals surface area contributed by atoms with Gasteiger partial charge in [-0.15, -0.1) is 0 Å². The van der Waals surface area contributed by atoms with Crippen molar-refractivity contribution in [2.24, 2.45) is 0 Å². The van der Waals surface area contributed by atoms with Gasteiger partial charge < -0.3 is 0 Å². The van der Waals surface area contributed by atoms with E-state index in [0.29, 0.717) is 0 Å². The third-order valence-corrected chi connectivity index (χ3v) is 2.17. The molecule has 0 aliphatic heterocycles. The Bertz CT molecular complexity index is 357. The maximum Gasteiger partial charge on any atom is 0.0998 e. The second-order valence-electron chi connectivity index (χ2n) is 2.34. The van der Waals surface area contributed by atoms with E-state index in [1.165, 1.54) is 0 Å². The summed E-state index contributed by atoms with van der Waals surface area (Å²) in [6.45, 7) is 1.97. The molecule has 0 atom stereocenters. The van der Waals surface area contributed by atoms with Crippen LogP contribution in [-0.2, 0) is 0 Å². The fourth-order valence-corrected chi connectivity index (χ4v) is 1.60. The summed E-state index contributed by atoms with van der Waals surface area (Å²) in [5, 5.41) is 5.32. The van der Waals surface area contributed by atoms with Crippen molar-refractivity contribution in [3.05, 3.63) is 24.2 Å². The highest BCUT2D eigenvalue weighted by molar-refractivity contribution is 9.08. The summed E-state index contributed by atoms with van der Waals surface area (Å²) in [5.41, 5.74) is 2.02. The van der Waals surface area contributed by atoms with Crippen molar-refractivity contribution in [3.63, 3.8) is 0 Å². The molecule has 0 N–H and O–H groups in total. The van der Waals surface area contributed by atoms with Crippen LogP contribution in [0.15, 0.2) is 18.5 Å². The van der Waals surface area contributed by atoms with E-state index in [1.54, 1.807) is 16.1 Å². The van der Waals surface area contributed by atoms with Crippen LogP contribution in [0.5, 0.6) is 0 Å². The number of aromatic nitrogens is 3. The zero-order valence-electron chi connectivity index (χ0n) is 5.95. The smallest absolute Gasteiger partial charge is 0.0998 e. The van der Waals surface area contributed by atoms with E-state index in [4.69, 9.17) is 0 Å². The Morgan fingerprint density at radius 2 is 2.36 bits per heavy atom. The van der Waals surface area contributed by atoms with Gasteiger partial charge in [-0.25, -0.2) is 0 Å². The Balaban J connectivity index is 2.95. The number of nitrogens with zero attached hydrogens (tertiary/aromatic N) is 3. The summed E-state index contributed by atoms with van der Waals surface area (Å²) < 4.78 is 1.66. The topological polar surface area (TPSA) is 30.7 Å². The second-order valence-corrected chi connectivity index (χ2v) is 3.01. The van der Waals surface area contributed by atoms with Gasteiger partial charge >= 0.3 is 0 Å². The van der Waals surface area contributed by atoms with E-state index >= 15 is 0 Å². The van der Waals surface area contributed by atoms with Crippen LogP contribution in [0.1, 0.15) is 5.69 Å². The van der Waals surface area contributed by atoms with Crippen LogP contribution >= 0.6 is 16.1 Å². The van der Waals surface area contributed by atoms with E-state index in [0.717, 1.165) is 16.6 Å². The predicted molar refractivity (Wildman–Crippen MR) is 46.6 cm³/mol. The molecule has 2 aromatic heterocycles. The molecule has 3 nitrogen and oxygen atoms in total. The zero-order chi connectivity index (χ0) is 7.84. The highest BCUT2D eigenvalue weighted by Gasteiger charge is 2.02. The average molecular weight is 212 g/mol. The molecule has 0 spiro atoms. The molecule has 2 aromatic rings. The lowest BCUT2D eigenvalue weighted by Crippen LogP contribution is -1.80. The number of fused-ring (bicyclic) bond motifs is 1. The zero-order valence-corrected chi connectivity index (χ0v) is 7.54. The fourth-order valence-electron chi connectivity index (χ4n) is 1.08. The van der Waals surface area contributed by atoms with E-state index in [-0.39, 0.29) is 0 Å². The first-order chi connectivity index (χ1) is 5.29. The van der Waals surface area contributed by atoms with Gasteiger partial charge in [-0.3, -0.25) is 4.98 Å². The predicted octanol–water partition coefficient (Wildman–Crippen LogP) is 1.90. The van der Waals surface area contributed by atoms with Crippen LogP contribution in [0.2, 0.25) is 0 Å². The quantitative estimate of drug-likeness (QED) is 0.667. The molecule has 11 heavy (non-hydrogen) atoms. The van der Waals surface area contributed by atoms with Crippen LogP contribution in [-0.4, -0.2) is 13.8 Å². The molecule has 0 aliphatic rings. The Hall–Kier alpha value is -0.900. The lowest BCUT2D eigenvalue weighted by Gasteiger charge is -1.87. The number of pyridine rings is 1. The highest BCUT2D eigenvalue weighted by atomic mass is 79.9. The highest BCUT2D eigenvalue weighted by Crippen LogP contribution is 2.17.